The van der Waals surface area contributed by atoms with E-state index in [2.05, 4.69) is 0 Å². The molecule has 0 fully saturated rings. The van der Waals surface area contributed by atoms with Crippen LogP contribution in [0.1, 0.15) is 39.5 Å². The van der Waals surface area contributed by atoms with Crippen LogP contribution in [0, 0.1) is 6.92 Å². The molecule has 3 N–H and O–H groups in total. The molecule has 1 aliphatic carbocycles. The van der Waals surface area contributed by atoms with Gasteiger partial charge >= 0.3 is 5.97 Å². The van der Waals surface area contributed by atoms with Crippen LogP contribution in [0.15, 0.2) is 12.1 Å². The van der Waals surface area contributed by atoms with Crippen molar-refractivity contribution in [3.05, 3.63) is 34.4 Å². The molecule has 1 atom stereocenters. The van der Waals surface area contributed by atoms with Gasteiger partial charge in [0.2, 0.25) is 0 Å². The molecule has 0 saturated carbocycles. The lowest BCUT2D eigenvalue weighted by atomic mass is 9.98. The van der Waals surface area contributed by atoms with Crippen LogP contribution in [0.4, 0.5) is 0 Å². The van der Waals surface area contributed by atoms with Crippen LogP contribution >= 0.6 is 12.4 Å². The minimum absolute atomic E-state index is 0. The van der Waals surface area contributed by atoms with E-state index in [1.165, 1.54) is 0 Å². The second kappa shape index (κ2) is 4.21. The largest absolute Gasteiger partial charge is 0.478 e. The van der Waals surface area contributed by atoms with E-state index in [0.717, 1.165) is 29.5 Å². The summed E-state index contributed by atoms with van der Waals surface area (Å²) in [4.78, 5) is 10.9. The molecular weight excluding hydrogens is 214 g/mol. The molecule has 0 aliphatic heterocycles. The van der Waals surface area contributed by atoms with Gasteiger partial charge in [0, 0.05) is 6.04 Å². The Labute approximate surface area is 94.7 Å². The van der Waals surface area contributed by atoms with Crippen molar-refractivity contribution in [1.29, 1.82) is 0 Å². The van der Waals surface area contributed by atoms with E-state index < -0.39 is 5.97 Å². The Balaban J connectivity index is 0.00000112. The minimum atomic E-state index is -0.856. The number of hydrogen-bond donors (Lipinski definition) is 2. The number of fused-ring (bicyclic) bond motifs is 1. The number of carboxylic acids is 1. The fourth-order valence-corrected chi connectivity index (χ4v) is 2.14. The Morgan fingerprint density at radius 2 is 2.20 bits per heavy atom. The summed E-state index contributed by atoms with van der Waals surface area (Å²) in [5, 5.41) is 8.93. The van der Waals surface area contributed by atoms with Crippen molar-refractivity contribution in [2.24, 2.45) is 5.73 Å². The van der Waals surface area contributed by atoms with Crippen LogP contribution in [0.25, 0.3) is 0 Å². The highest BCUT2D eigenvalue weighted by molar-refractivity contribution is 5.90. The van der Waals surface area contributed by atoms with Crippen molar-refractivity contribution in [3.8, 4) is 0 Å². The predicted molar refractivity (Wildman–Crippen MR) is 60.6 cm³/mol. The van der Waals surface area contributed by atoms with Gasteiger partial charge in [0.25, 0.3) is 0 Å². The number of aromatic carboxylic acids is 1. The average Bonchev–Trinajstić information content (AvgIpc) is 2.49. The molecule has 0 unspecified atom stereocenters. The van der Waals surface area contributed by atoms with Crippen molar-refractivity contribution in [2.75, 3.05) is 0 Å². The summed E-state index contributed by atoms with van der Waals surface area (Å²) in [5.74, 6) is -0.856. The normalized spacial score (nSPS) is 18.1. The van der Waals surface area contributed by atoms with E-state index >= 15 is 0 Å². The maximum Gasteiger partial charge on any atom is 0.335 e. The Morgan fingerprint density at radius 1 is 1.53 bits per heavy atom. The Bertz CT molecular complexity index is 404. The number of nitrogens with two attached hydrogens (primary N) is 1. The van der Waals surface area contributed by atoms with Crippen LogP contribution in [-0.4, -0.2) is 11.1 Å². The number of benzene rings is 1. The summed E-state index contributed by atoms with van der Waals surface area (Å²) in [5.41, 5.74) is 9.43. The average molecular weight is 228 g/mol. The van der Waals surface area contributed by atoms with Gasteiger partial charge in [-0.3, -0.25) is 0 Å². The second-order valence-corrected chi connectivity index (χ2v) is 3.76. The fourth-order valence-electron chi connectivity index (χ4n) is 2.14. The molecule has 0 aromatic heterocycles. The van der Waals surface area contributed by atoms with Crippen LogP contribution in [-0.2, 0) is 6.42 Å². The van der Waals surface area contributed by atoms with E-state index in [4.69, 9.17) is 10.8 Å². The first-order valence-corrected chi connectivity index (χ1v) is 4.72. The molecule has 3 nitrogen and oxygen atoms in total. The first-order valence-electron chi connectivity index (χ1n) is 4.72. The van der Waals surface area contributed by atoms with Gasteiger partial charge in [-0.2, -0.15) is 0 Å². The lowest BCUT2D eigenvalue weighted by Gasteiger charge is -2.09. The van der Waals surface area contributed by atoms with Crippen molar-refractivity contribution < 1.29 is 9.90 Å². The summed E-state index contributed by atoms with van der Waals surface area (Å²) in [7, 11) is 0. The number of carboxylic acid groups (broad SMARTS) is 1. The third kappa shape index (κ3) is 1.85. The molecule has 1 aliphatic rings. The standard InChI is InChI=1S/C11H13NO2.ClH/c1-6-7-4-5-10(12)9(7)3-2-8(6)11(13)14;/h2-3,10H,4-5,12H2,1H3,(H,13,14);1H/t10-;/m0./s1. The fraction of sp³-hybridized carbons (Fsp3) is 0.364. The molecular formula is C11H14ClNO2. The van der Waals surface area contributed by atoms with Crippen molar-refractivity contribution >= 4 is 18.4 Å². The molecule has 0 amide bonds. The highest BCUT2D eigenvalue weighted by Gasteiger charge is 2.23. The van der Waals surface area contributed by atoms with Crippen LogP contribution in [0.5, 0.6) is 0 Å². The molecule has 2 rings (SSSR count). The first-order chi connectivity index (χ1) is 6.61. The predicted octanol–water partition coefficient (Wildman–Crippen LogP) is 2.06. The molecule has 82 valence electrons. The highest BCUT2D eigenvalue weighted by Crippen LogP contribution is 2.32. The zero-order valence-electron chi connectivity index (χ0n) is 8.49. The van der Waals surface area contributed by atoms with Crippen molar-refractivity contribution in [2.45, 2.75) is 25.8 Å². The second-order valence-electron chi connectivity index (χ2n) is 3.76. The molecule has 1 aromatic carbocycles. The van der Waals surface area contributed by atoms with Crippen LogP contribution < -0.4 is 5.73 Å². The molecule has 15 heavy (non-hydrogen) atoms. The topological polar surface area (TPSA) is 63.3 Å². The van der Waals surface area contributed by atoms with Gasteiger partial charge < -0.3 is 10.8 Å². The van der Waals surface area contributed by atoms with Gasteiger partial charge in [-0.25, -0.2) is 4.79 Å². The molecule has 0 heterocycles. The van der Waals surface area contributed by atoms with Gasteiger partial charge in [-0.05, 0) is 42.5 Å². The summed E-state index contributed by atoms with van der Waals surface area (Å²) >= 11 is 0. The van der Waals surface area contributed by atoms with Gasteiger partial charge in [0.05, 0.1) is 5.56 Å². The smallest absolute Gasteiger partial charge is 0.335 e. The maximum atomic E-state index is 10.9. The van der Waals surface area contributed by atoms with E-state index in [9.17, 15) is 4.79 Å². The molecule has 0 bridgehead atoms. The Kier molecular flexibility index (Phi) is 3.37. The van der Waals surface area contributed by atoms with E-state index in [1.54, 1.807) is 6.07 Å². The molecule has 0 spiro atoms. The van der Waals surface area contributed by atoms with Gasteiger partial charge in [-0.1, -0.05) is 6.07 Å². The van der Waals surface area contributed by atoms with Crippen LogP contribution in [0.2, 0.25) is 0 Å². The van der Waals surface area contributed by atoms with E-state index in [1.807, 2.05) is 13.0 Å². The number of rotatable bonds is 1. The third-order valence-electron chi connectivity index (χ3n) is 2.97. The molecule has 4 heteroatoms. The number of carbonyl (C=O) groups is 1. The van der Waals surface area contributed by atoms with Gasteiger partial charge in [-0.15, -0.1) is 12.4 Å². The lowest BCUT2D eigenvalue weighted by Crippen LogP contribution is -2.07. The van der Waals surface area contributed by atoms with Gasteiger partial charge in [0.15, 0.2) is 0 Å². The van der Waals surface area contributed by atoms with Crippen LogP contribution in [0.3, 0.4) is 0 Å². The van der Waals surface area contributed by atoms with E-state index in [0.29, 0.717) is 5.56 Å². The van der Waals surface area contributed by atoms with Crippen molar-refractivity contribution in [1.82, 2.24) is 0 Å². The monoisotopic (exact) mass is 227 g/mol. The first kappa shape index (κ1) is 12.0. The van der Waals surface area contributed by atoms with E-state index in [-0.39, 0.29) is 18.4 Å². The number of hydrogen-bond acceptors (Lipinski definition) is 2. The lowest BCUT2D eigenvalue weighted by molar-refractivity contribution is 0.0696. The summed E-state index contributed by atoms with van der Waals surface area (Å²) in [6.45, 7) is 1.86. The third-order valence-corrected chi connectivity index (χ3v) is 2.97. The minimum Gasteiger partial charge on any atom is -0.478 e. The summed E-state index contributed by atoms with van der Waals surface area (Å²) < 4.78 is 0. The number of halogens is 1. The zero-order valence-corrected chi connectivity index (χ0v) is 9.30. The van der Waals surface area contributed by atoms with Crippen molar-refractivity contribution in [3.63, 3.8) is 0 Å². The Morgan fingerprint density at radius 3 is 2.80 bits per heavy atom. The molecule has 0 saturated heterocycles. The highest BCUT2D eigenvalue weighted by atomic mass is 35.5. The van der Waals surface area contributed by atoms with Gasteiger partial charge in [0.1, 0.15) is 0 Å². The maximum absolute atomic E-state index is 10.9. The zero-order chi connectivity index (χ0) is 10.3. The Hall–Kier alpha value is -1.06. The SMILES string of the molecule is Cc1c(C(=O)O)ccc2c1CC[C@@H]2N.Cl. The quantitative estimate of drug-likeness (QED) is 0.772. The summed E-state index contributed by atoms with van der Waals surface area (Å²) in [6.07, 6.45) is 1.84. The summed E-state index contributed by atoms with van der Waals surface area (Å²) in [6, 6.07) is 3.59. The molecule has 1 aromatic rings. The molecule has 0 radical (unpaired) electrons.